The molecule has 2 amide bonds. The molecule has 1 aliphatic rings. The molecule has 2 heterocycles. The molecule has 0 aliphatic carbocycles. The van der Waals surface area contributed by atoms with Gasteiger partial charge in [-0.15, -0.1) is 0 Å². The first-order valence-electron chi connectivity index (χ1n) is 9.88. The molecule has 0 saturated carbocycles. The molecule has 0 aromatic carbocycles. The lowest BCUT2D eigenvalue weighted by molar-refractivity contribution is -0.130. The standard InChI is InChI=1S/C20H33N3O2S/c1-5-17(6-2)23-13-16(11-19(23)24)20(25)21-12-18(22(7-3)8-4)15-9-10-26-14-15/h9-10,14,16-18H,5-8,11-13H2,1-4H3,(H,21,25). The number of hydrogen-bond acceptors (Lipinski definition) is 4. The summed E-state index contributed by atoms with van der Waals surface area (Å²) < 4.78 is 0. The van der Waals surface area contributed by atoms with E-state index in [1.54, 1.807) is 11.3 Å². The normalized spacial score (nSPS) is 18.8. The van der Waals surface area contributed by atoms with Crippen LogP contribution in [0.1, 0.15) is 58.6 Å². The first-order valence-corrected chi connectivity index (χ1v) is 10.8. The van der Waals surface area contributed by atoms with Crippen molar-refractivity contribution in [3.8, 4) is 0 Å². The highest BCUT2D eigenvalue weighted by Gasteiger charge is 2.37. The van der Waals surface area contributed by atoms with E-state index in [2.05, 4.69) is 54.7 Å². The summed E-state index contributed by atoms with van der Waals surface area (Å²) in [5.41, 5.74) is 1.25. The van der Waals surface area contributed by atoms with Crippen LogP contribution in [0.2, 0.25) is 0 Å². The van der Waals surface area contributed by atoms with Gasteiger partial charge in [0.15, 0.2) is 0 Å². The summed E-state index contributed by atoms with van der Waals surface area (Å²) in [6.07, 6.45) is 2.23. The molecule has 146 valence electrons. The number of carbonyl (C=O) groups is 2. The van der Waals surface area contributed by atoms with E-state index in [4.69, 9.17) is 0 Å². The largest absolute Gasteiger partial charge is 0.354 e. The van der Waals surface area contributed by atoms with Crippen LogP contribution in [0, 0.1) is 5.92 Å². The fourth-order valence-corrected chi connectivity index (χ4v) is 4.63. The van der Waals surface area contributed by atoms with Crippen LogP contribution in [-0.4, -0.2) is 53.8 Å². The number of likely N-dealkylation sites (tertiary alicyclic amines) is 1. The van der Waals surface area contributed by atoms with E-state index in [1.807, 2.05) is 4.90 Å². The van der Waals surface area contributed by atoms with E-state index in [0.717, 1.165) is 25.9 Å². The van der Waals surface area contributed by atoms with Gasteiger partial charge in [0.2, 0.25) is 11.8 Å². The van der Waals surface area contributed by atoms with E-state index in [1.165, 1.54) is 5.56 Å². The minimum Gasteiger partial charge on any atom is -0.354 e. The van der Waals surface area contributed by atoms with Crippen LogP contribution in [0.25, 0.3) is 0 Å². The summed E-state index contributed by atoms with van der Waals surface area (Å²) in [4.78, 5) is 29.3. The van der Waals surface area contributed by atoms with Gasteiger partial charge in [0.1, 0.15) is 0 Å². The Morgan fingerprint density at radius 3 is 2.54 bits per heavy atom. The minimum atomic E-state index is -0.220. The Hall–Kier alpha value is -1.40. The number of carbonyl (C=O) groups excluding carboxylic acids is 2. The van der Waals surface area contributed by atoms with Crippen LogP contribution in [0.5, 0.6) is 0 Å². The zero-order valence-corrected chi connectivity index (χ0v) is 17.3. The Kier molecular flexibility index (Phi) is 8.10. The highest BCUT2D eigenvalue weighted by Crippen LogP contribution is 2.25. The van der Waals surface area contributed by atoms with Gasteiger partial charge in [-0.2, -0.15) is 11.3 Å². The molecule has 1 fully saturated rings. The molecule has 0 spiro atoms. The lowest BCUT2D eigenvalue weighted by Crippen LogP contribution is -2.41. The number of likely N-dealkylation sites (N-methyl/N-ethyl adjacent to an activating group) is 1. The molecule has 1 saturated heterocycles. The summed E-state index contributed by atoms with van der Waals surface area (Å²) in [5.74, 6) is -0.0842. The average molecular weight is 380 g/mol. The summed E-state index contributed by atoms with van der Waals surface area (Å²) in [7, 11) is 0. The van der Waals surface area contributed by atoms with Gasteiger partial charge in [0, 0.05) is 25.6 Å². The van der Waals surface area contributed by atoms with Crippen molar-refractivity contribution in [1.29, 1.82) is 0 Å². The van der Waals surface area contributed by atoms with Crippen molar-refractivity contribution in [1.82, 2.24) is 15.1 Å². The highest BCUT2D eigenvalue weighted by atomic mass is 32.1. The fraction of sp³-hybridized carbons (Fsp3) is 0.700. The van der Waals surface area contributed by atoms with Gasteiger partial charge in [-0.25, -0.2) is 0 Å². The van der Waals surface area contributed by atoms with Gasteiger partial charge in [-0.3, -0.25) is 14.5 Å². The van der Waals surface area contributed by atoms with E-state index < -0.39 is 0 Å². The van der Waals surface area contributed by atoms with E-state index in [-0.39, 0.29) is 29.8 Å². The van der Waals surface area contributed by atoms with Crippen LogP contribution in [0.4, 0.5) is 0 Å². The summed E-state index contributed by atoms with van der Waals surface area (Å²) in [5, 5.41) is 7.36. The zero-order valence-electron chi connectivity index (χ0n) is 16.5. The molecule has 6 heteroatoms. The molecule has 0 radical (unpaired) electrons. The molecule has 5 nitrogen and oxygen atoms in total. The number of nitrogens with zero attached hydrogens (tertiary/aromatic N) is 2. The predicted octanol–water partition coefficient (Wildman–Crippen LogP) is 3.28. The first-order chi connectivity index (χ1) is 12.5. The number of amides is 2. The maximum absolute atomic E-state index is 12.7. The quantitative estimate of drug-likeness (QED) is 0.679. The maximum Gasteiger partial charge on any atom is 0.225 e. The van der Waals surface area contributed by atoms with E-state index in [0.29, 0.717) is 19.5 Å². The van der Waals surface area contributed by atoms with Gasteiger partial charge >= 0.3 is 0 Å². The third-order valence-corrected chi connectivity index (χ3v) is 6.26. The molecule has 2 unspecified atom stereocenters. The van der Waals surface area contributed by atoms with Crippen molar-refractivity contribution in [3.63, 3.8) is 0 Å². The van der Waals surface area contributed by atoms with Gasteiger partial charge in [-0.1, -0.05) is 27.7 Å². The Labute approximate surface area is 161 Å². The Balaban J connectivity index is 1.97. The number of rotatable bonds is 10. The van der Waals surface area contributed by atoms with Crippen LogP contribution < -0.4 is 5.32 Å². The second kappa shape index (κ2) is 10.1. The molecule has 1 aliphatic heterocycles. The number of thiophene rings is 1. The number of nitrogens with one attached hydrogen (secondary N) is 1. The molecular formula is C20H33N3O2S. The minimum absolute atomic E-state index is 0.0131. The van der Waals surface area contributed by atoms with E-state index >= 15 is 0 Å². The summed E-state index contributed by atoms with van der Waals surface area (Å²) >= 11 is 1.68. The third kappa shape index (κ3) is 4.86. The molecular weight excluding hydrogens is 346 g/mol. The monoisotopic (exact) mass is 379 g/mol. The van der Waals surface area contributed by atoms with Crippen LogP contribution in [-0.2, 0) is 9.59 Å². The average Bonchev–Trinajstić information content (AvgIpc) is 3.30. The van der Waals surface area contributed by atoms with Crippen molar-refractivity contribution in [3.05, 3.63) is 22.4 Å². The highest BCUT2D eigenvalue weighted by molar-refractivity contribution is 7.07. The Bertz CT molecular complexity index is 568. The van der Waals surface area contributed by atoms with Gasteiger partial charge in [0.05, 0.1) is 12.0 Å². The summed E-state index contributed by atoms with van der Waals surface area (Å²) in [6.45, 7) is 11.5. The topological polar surface area (TPSA) is 52.7 Å². The van der Waals surface area contributed by atoms with Crippen molar-refractivity contribution in [2.75, 3.05) is 26.2 Å². The second-order valence-corrected chi connectivity index (χ2v) is 7.74. The molecule has 1 aromatic heterocycles. The first kappa shape index (κ1) is 20.9. The fourth-order valence-electron chi connectivity index (χ4n) is 3.92. The van der Waals surface area contributed by atoms with Crippen molar-refractivity contribution >= 4 is 23.2 Å². The molecule has 1 aromatic rings. The molecule has 0 bridgehead atoms. The van der Waals surface area contributed by atoms with Gasteiger partial charge < -0.3 is 10.2 Å². The zero-order chi connectivity index (χ0) is 19.1. The number of hydrogen-bond donors (Lipinski definition) is 1. The predicted molar refractivity (Wildman–Crippen MR) is 107 cm³/mol. The SMILES string of the molecule is CCC(CC)N1CC(C(=O)NCC(c2ccsc2)N(CC)CC)CC1=O. The Morgan fingerprint density at radius 1 is 1.31 bits per heavy atom. The lowest BCUT2D eigenvalue weighted by Gasteiger charge is -2.30. The Morgan fingerprint density at radius 2 is 2.00 bits per heavy atom. The van der Waals surface area contributed by atoms with Crippen molar-refractivity contribution < 1.29 is 9.59 Å². The second-order valence-electron chi connectivity index (χ2n) is 6.96. The lowest BCUT2D eigenvalue weighted by atomic mass is 10.1. The molecule has 26 heavy (non-hydrogen) atoms. The van der Waals surface area contributed by atoms with Crippen LogP contribution >= 0.6 is 11.3 Å². The van der Waals surface area contributed by atoms with Gasteiger partial charge in [-0.05, 0) is 48.3 Å². The van der Waals surface area contributed by atoms with Gasteiger partial charge in [0.25, 0.3) is 0 Å². The molecule has 1 N–H and O–H groups in total. The van der Waals surface area contributed by atoms with Crippen molar-refractivity contribution in [2.45, 2.75) is 59.0 Å². The van der Waals surface area contributed by atoms with Crippen molar-refractivity contribution in [2.24, 2.45) is 5.92 Å². The van der Waals surface area contributed by atoms with E-state index in [9.17, 15) is 9.59 Å². The van der Waals surface area contributed by atoms with Crippen LogP contribution in [0.3, 0.4) is 0 Å². The summed E-state index contributed by atoms with van der Waals surface area (Å²) in [6, 6.07) is 2.58. The smallest absolute Gasteiger partial charge is 0.225 e. The van der Waals surface area contributed by atoms with Crippen LogP contribution in [0.15, 0.2) is 16.8 Å². The third-order valence-electron chi connectivity index (χ3n) is 5.56. The molecule has 2 atom stereocenters. The maximum atomic E-state index is 12.7. The molecule has 2 rings (SSSR count).